The van der Waals surface area contributed by atoms with Crippen molar-refractivity contribution in [2.24, 2.45) is 0 Å². The monoisotopic (exact) mass is 391 g/mol. The number of ether oxygens (including phenoxy) is 1. The van der Waals surface area contributed by atoms with Crippen molar-refractivity contribution >= 4 is 15.7 Å². The van der Waals surface area contributed by atoms with Gasteiger partial charge in [-0.1, -0.05) is 24.3 Å². The minimum absolute atomic E-state index is 0.0588. The molecule has 1 aliphatic rings. The number of carbonyl (C=O) groups is 1. The molecular weight excluding hydrogens is 369 g/mol. The Morgan fingerprint density at radius 1 is 1.19 bits per heavy atom. The largest absolute Gasteiger partial charge is 0.493 e. The number of carbonyl (C=O) groups excluding carboxylic acids is 1. The van der Waals surface area contributed by atoms with Gasteiger partial charge in [0.25, 0.3) is 5.91 Å². The molecule has 1 atom stereocenters. The molecule has 0 bridgehead atoms. The SMILES string of the molecule is CCOc1ccccc1C(=O)N(Cc1ccc(F)cc1)C1CCS(=O)(=O)C1. The highest BCUT2D eigenvalue weighted by Gasteiger charge is 2.35. The van der Waals surface area contributed by atoms with Gasteiger partial charge in [0, 0.05) is 12.6 Å². The van der Waals surface area contributed by atoms with Gasteiger partial charge in [-0.2, -0.15) is 0 Å². The van der Waals surface area contributed by atoms with Crippen LogP contribution in [0.1, 0.15) is 29.3 Å². The lowest BCUT2D eigenvalue weighted by Crippen LogP contribution is -2.40. The van der Waals surface area contributed by atoms with Gasteiger partial charge in [-0.3, -0.25) is 4.79 Å². The Balaban J connectivity index is 1.94. The van der Waals surface area contributed by atoms with Crippen LogP contribution in [0.3, 0.4) is 0 Å². The number of rotatable bonds is 6. The summed E-state index contributed by atoms with van der Waals surface area (Å²) in [5.74, 6) is -0.170. The zero-order chi connectivity index (χ0) is 19.4. The highest BCUT2D eigenvalue weighted by Crippen LogP contribution is 2.26. The highest BCUT2D eigenvalue weighted by atomic mass is 32.2. The Labute approximate surface area is 158 Å². The smallest absolute Gasteiger partial charge is 0.258 e. The van der Waals surface area contributed by atoms with Crippen LogP contribution < -0.4 is 4.74 Å². The van der Waals surface area contributed by atoms with E-state index in [4.69, 9.17) is 4.74 Å². The van der Waals surface area contributed by atoms with Crippen molar-refractivity contribution in [3.05, 3.63) is 65.5 Å². The van der Waals surface area contributed by atoms with Crippen LogP contribution in [-0.2, 0) is 16.4 Å². The number of benzene rings is 2. The summed E-state index contributed by atoms with van der Waals surface area (Å²) in [4.78, 5) is 14.9. The molecule has 144 valence electrons. The average Bonchev–Trinajstić information content (AvgIpc) is 3.01. The van der Waals surface area contributed by atoms with Gasteiger partial charge in [-0.25, -0.2) is 12.8 Å². The Hall–Kier alpha value is -2.41. The second-order valence-corrected chi connectivity index (χ2v) is 8.77. The standard InChI is InChI=1S/C20H22FNO4S/c1-2-26-19-6-4-3-5-18(19)20(23)22(17-11-12-27(24,25)14-17)13-15-7-9-16(21)10-8-15/h3-10,17H,2,11-14H2,1H3. The maximum atomic E-state index is 13.3. The van der Waals surface area contributed by atoms with Gasteiger partial charge in [-0.15, -0.1) is 0 Å². The number of sulfone groups is 1. The first-order chi connectivity index (χ1) is 12.9. The molecule has 2 aromatic rings. The first-order valence-electron chi connectivity index (χ1n) is 8.87. The van der Waals surface area contributed by atoms with E-state index in [2.05, 4.69) is 0 Å². The summed E-state index contributed by atoms with van der Waals surface area (Å²) < 4.78 is 42.7. The molecule has 2 aromatic carbocycles. The Kier molecular flexibility index (Phi) is 5.79. The van der Waals surface area contributed by atoms with Crippen molar-refractivity contribution in [2.75, 3.05) is 18.1 Å². The summed E-state index contributed by atoms with van der Waals surface area (Å²) in [6, 6.07) is 12.4. The number of para-hydroxylation sites is 1. The van der Waals surface area contributed by atoms with Crippen molar-refractivity contribution in [2.45, 2.75) is 25.9 Å². The number of halogens is 1. The summed E-state index contributed by atoms with van der Waals surface area (Å²) in [7, 11) is -3.16. The van der Waals surface area contributed by atoms with Gasteiger partial charge in [0.05, 0.1) is 23.7 Å². The molecule has 1 unspecified atom stereocenters. The van der Waals surface area contributed by atoms with E-state index in [0.717, 1.165) is 5.56 Å². The molecule has 0 N–H and O–H groups in total. The molecule has 0 radical (unpaired) electrons. The van der Waals surface area contributed by atoms with Crippen LogP contribution in [-0.4, -0.2) is 43.4 Å². The van der Waals surface area contributed by atoms with Gasteiger partial charge in [-0.05, 0) is 43.2 Å². The predicted molar refractivity (Wildman–Crippen MR) is 101 cm³/mol. The van der Waals surface area contributed by atoms with Gasteiger partial charge in [0.15, 0.2) is 9.84 Å². The van der Waals surface area contributed by atoms with Crippen LogP contribution in [0.2, 0.25) is 0 Å². The molecule has 1 saturated heterocycles. The van der Waals surface area contributed by atoms with E-state index in [0.29, 0.717) is 24.3 Å². The van der Waals surface area contributed by atoms with Crippen LogP contribution in [0.25, 0.3) is 0 Å². The normalized spacial score (nSPS) is 18.2. The maximum Gasteiger partial charge on any atom is 0.258 e. The minimum Gasteiger partial charge on any atom is -0.493 e. The van der Waals surface area contributed by atoms with E-state index in [9.17, 15) is 17.6 Å². The van der Waals surface area contributed by atoms with Crippen molar-refractivity contribution in [3.8, 4) is 5.75 Å². The molecule has 0 saturated carbocycles. The van der Waals surface area contributed by atoms with E-state index in [-0.39, 0.29) is 29.8 Å². The number of amides is 1. The van der Waals surface area contributed by atoms with Gasteiger partial charge >= 0.3 is 0 Å². The molecule has 5 nitrogen and oxygen atoms in total. The summed E-state index contributed by atoms with van der Waals surface area (Å²) in [5, 5.41) is 0. The minimum atomic E-state index is -3.16. The third kappa shape index (κ3) is 4.66. The number of hydrogen-bond acceptors (Lipinski definition) is 4. The molecule has 1 heterocycles. The molecule has 1 aliphatic heterocycles. The lowest BCUT2D eigenvalue weighted by molar-refractivity contribution is 0.0676. The van der Waals surface area contributed by atoms with Crippen molar-refractivity contribution in [1.29, 1.82) is 0 Å². The number of nitrogens with zero attached hydrogens (tertiary/aromatic N) is 1. The fraction of sp³-hybridized carbons (Fsp3) is 0.350. The molecule has 7 heteroatoms. The van der Waals surface area contributed by atoms with Crippen molar-refractivity contribution in [3.63, 3.8) is 0 Å². The average molecular weight is 391 g/mol. The fourth-order valence-electron chi connectivity index (χ4n) is 3.25. The lowest BCUT2D eigenvalue weighted by Gasteiger charge is -2.29. The molecule has 27 heavy (non-hydrogen) atoms. The van der Waals surface area contributed by atoms with E-state index in [1.807, 2.05) is 6.92 Å². The van der Waals surface area contributed by atoms with E-state index >= 15 is 0 Å². The second-order valence-electron chi connectivity index (χ2n) is 6.55. The van der Waals surface area contributed by atoms with E-state index in [1.165, 1.54) is 12.1 Å². The van der Waals surface area contributed by atoms with Crippen LogP contribution in [0.4, 0.5) is 4.39 Å². The molecule has 0 aromatic heterocycles. The molecule has 3 rings (SSSR count). The summed E-state index contributed by atoms with van der Waals surface area (Å²) >= 11 is 0. The van der Waals surface area contributed by atoms with Crippen LogP contribution in [0.15, 0.2) is 48.5 Å². The zero-order valence-electron chi connectivity index (χ0n) is 15.1. The maximum absolute atomic E-state index is 13.3. The highest BCUT2D eigenvalue weighted by molar-refractivity contribution is 7.91. The van der Waals surface area contributed by atoms with Gasteiger partial charge < -0.3 is 9.64 Å². The molecule has 0 aliphatic carbocycles. The molecule has 1 amide bonds. The fourth-order valence-corrected chi connectivity index (χ4v) is 4.98. The topological polar surface area (TPSA) is 63.7 Å². The van der Waals surface area contributed by atoms with E-state index in [1.54, 1.807) is 41.3 Å². The summed E-state index contributed by atoms with van der Waals surface area (Å²) in [6.07, 6.45) is 0.395. The Morgan fingerprint density at radius 2 is 1.89 bits per heavy atom. The van der Waals surface area contributed by atoms with Crippen molar-refractivity contribution < 1.29 is 22.3 Å². The zero-order valence-corrected chi connectivity index (χ0v) is 15.9. The van der Waals surface area contributed by atoms with Gasteiger partial charge in [0.1, 0.15) is 11.6 Å². The van der Waals surface area contributed by atoms with Crippen LogP contribution in [0, 0.1) is 5.82 Å². The van der Waals surface area contributed by atoms with Crippen LogP contribution in [0.5, 0.6) is 5.75 Å². The Bertz CT molecular complexity index is 912. The quantitative estimate of drug-likeness (QED) is 0.759. The number of hydrogen-bond donors (Lipinski definition) is 0. The summed E-state index contributed by atoms with van der Waals surface area (Å²) in [5.41, 5.74) is 1.13. The van der Waals surface area contributed by atoms with E-state index < -0.39 is 15.9 Å². The second kappa shape index (κ2) is 8.08. The Morgan fingerprint density at radius 3 is 2.52 bits per heavy atom. The first kappa shape index (κ1) is 19.4. The molecular formula is C20H22FNO4S. The molecule has 0 spiro atoms. The van der Waals surface area contributed by atoms with Crippen LogP contribution >= 0.6 is 0 Å². The first-order valence-corrected chi connectivity index (χ1v) is 10.7. The summed E-state index contributed by atoms with van der Waals surface area (Å²) in [6.45, 7) is 2.46. The third-order valence-electron chi connectivity index (χ3n) is 4.59. The predicted octanol–water partition coefficient (Wildman–Crippen LogP) is 3.05. The van der Waals surface area contributed by atoms with Gasteiger partial charge in [0.2, 0.25) is 0 Å². The lowest BCUT2D eigenvalue weighted by atomic mass is 10.1. The molecule has 1 fully saturated rings. The third-order valence-corrected chi connectivity index (χ3v) is 6.34. The van der Waals surface area contributed by atoms with Crippen molar-refractivity contribution in [1.82, 2.24) is 4.90 Å².